The van der Waals surface area contributed by atoms with E-state index in [1.807, 2.05) is 0 Å². The van der Waals surface area contributed by atoms with Crippen LogP contribution in [0.1, 0.15) is 6.92 Å². The van der Waals surface area contributed by atoms with Crippen molar-refractivity contribution in [2.75, 3.05) is 0 Å². The molecule has 0 aromatic rings. The van der Waals surface area contributed by atoms with Gasteiger partial charge in [-0.2, -0.15) is 0 Å². The summed E-state index contributed by atoms with van der Waals surface area (Å²) in [5.74, 6) is -1.32. The number of nitrogens with one attached hydrogen (secondary N) is 1. The van der Waals surface area contributed by atoms with Crippen molar-refractivity contribution in [1.82, 2.24) is 5.32 Å². The molecule has 12 heavy (non-hydrogen) atoms. The number of nitrogens with two attached hydrogens (primary N) is 2. The quantitative estimate of drug-likeness (QED) is 0.434. The number of nitrogens with zero attached hydrogens (tertiary/aromatic N) is 1. The van der Waals surface area contributed by atoms with Gasteiger partial charge in [-0.3, -0.25) is 14.6 Å². The number of aliphatic imine (C=N–C) groups is 1. The van der Waals surface area contributed by atoms with E-state index in [1.165, 1.54) is 13.3 Å². The zero-order chi connectivity index (χ0) is 9.35. The number of hydrogen-bond acceptors (Lipinski definition) is 4. The Kier molecular flexibility index (Phi) is 1.75. The minimum atomic E-state index is -1.17. The third-order valence-electron chi connectivity index (χ3n) is 1.92. The van der Waals surface area contributed by atoms with Crippen LogP contribution in [0.25, 0.3) is 0 Å². The van der Waals surface area contributed by atoms with Crippen LogP contribution in [0.2, 0.25) is 0 Å². The first-order valence-corrected chi connectivity index (χ1v) is 3.37. The summed E-state index contributed by atoms with van der Waals surface area (Å²) in [5.41, 5.74) is 8.91. The predicted molar refractivity (Wildman–Crippen MR) is 42.2 cm³/mol. The standard InChI is InChI=1S/C6H10N4O2/c1-6(5(8)12)3(4(7)11)9-2-10-6/h2-3H,1H3,(H2,7,11)(H2,8,12)(H,9,10). The number of amides is 2. The second-order valence-corrected chi connectivity index (χ2v) is 2.79. The summed E-state index contributed by atoms with van der Waals surface area (Å²) in [5, 5.41) is 2.60. The molecule has 1 rings (SSSR count). The first-order chi connectivity index (χ1) is 5.48. The van der Waals surface area contributed by atoms with Crippen molar-refractivity contribution in [1.29, 1.82) is 0 Å². The maximum absolute atomic E-state index is 10.9. The van der Waals surface area contributed by atoms with Crippen LogP contribution in [0.3, 0.4) is 0 Å². The Morgan fingerprint density at radius 2 is 2.17 bits per heavy atom. The fourth-order valence-electron chi connectivity index (χ4n) is 1.04. The Hall–Kier alpha value is -1.59. The minimum Gasteiger partial charge on any atom is -0.368 e. The predicted octanol–water partition coefficient (Wildman–Crippen LogP) is -2.28. The molecule has 0 aromatic carbocycles. The van der Waals surface area contributed by atoms with Crippen LogP contribution in [-0.2, 0) is 9.59 Å². The van der Waals surface area contributed by atoms with Gasteiger partial charge in [0.25, 0.3) is 0 Å². The molecule has 0 fully saturated rings. The summed E-state index contributed by atoms with van der Waals surface area (Å²) in [7, 11) is 0. The van der Waals surface area contributed by atoms with Crippen LogP contribution in [0.5, 0.6) is 0 Å². The molecule has 0 radical (unpaired) electrons. The van der Waals surface area contributed by atoms with Crippen molar-refractivity contribution in [3.05, 3.63) is 0 Å². The highest BCUT2D eigenvalue weighted by atomic mass is 16.2. The normalized spacial score (nSPS) is 32.9. The molecular weight excluding hydrogens is 160 g/mol. The average molecular weight is 170 g/mol. The van der Waals surface area contributed by atoms with Crippen LogP contribution in [0.15, 0.2) is 4.99 Å². The molecule has 0 saturated carbocycles. The second-order valence-electron chi connectivity index (χ2n) is 2.79. The lowest BCUT2D eigenvalue weighted by Crippen LogP contribution is -2.59. The van der Waals surface area contributed by atoms with Crippen molar-refractivity contribution in [3.8, 4) is 0 Å². The Balaban J connectivity index is 2.94. The van der Waals surface area contributed by atoms with Gasteiger partial charge in [0.1, 0.15) is 5.54 Å². The SMILES string of the molecule is CC1(C(N)=O)NC=NC1C(N)=O. The summed E-state index contributed by atoms with van der Waals surface area (Å²) < 4.78 is 0. The number of carbonyl (C=O) groups is 2. The van der Waals surface area contributed by atoms with Gasteiger partial charge in [-0.25, -0.2) is 0 Å². The molecule has 0 spiro atoms. The molecule has 2 unspecified atom stereocenters. The summed E-state index contributed by atoms with van der Waals surface area (Å²) in [6, 6.07) is -0.907. The van der Waals surface area contributed by atoms with Crippen molar-refractivity contribution >= 4 is 18.2 Å². The van der Waals surface area contributed by atoms with Crippen LogP contribution >= 0.6 is 0 Å². The summed E-state index contributed by atoms with van der Waals surface area (Å²) in [6.07, 6.45) is 1.26. The average Bonchev–Trinajstić information content (AvgIpc) is 2.32. The third-order valence-corrected chi connectivity index (χ3v) is 1.92. The van der Waals surface area contributed by atoms with Crippen LogP contribution < -0.4 is 16.8 Å². The largest absolute Gasteiger partial charge is 0.368 e. The fourth-order valence-corrected chi connectivity index (χ4v) is 1.04. The van der Waals surface area contributed by atoms with Crippen LogP contribution in [0, 0.1) is 0 Å². The number of rotatable bonds is 2. The zero-order valence-corrected chi connectivity index (χ0v) is 6.57. The molecule has 5 N–H and O–H groups in total. The van der Waals surface area contributed by atoms with Crippen molar-refractivity contribution in [3.63, 3.8) is 0 Å². The summed E-state index contributed by atoms with van der Waals surface area (Å²) in [6.45, 7) is 1.48. The van der Waals surface area contributed by atoms with E-state index in [0.717, 1.165) is 0 Å². The number of hydrogen-bond donors (Lipinski definition) is 3. The van der Waals surface area contributed by atoms with E-state index in [1.54, 1.807) is 0 Å². The fraction of sp³-hybridized carbons (Fsp3) is 0.500. The van der Waals surface area contributed by atoms with Gasteiger partial charge in [0.05, 0.1) is 6.34 Å². The molecule has 2 amide bonds. The summed E-state index contributed by atoms with van der Waals surface area (Å²) >= 11 is 0. The Morgan fingerprint density at radius 1 is 1.58 bits per heavy atom. The molecule has 0 aliphatic carbocycles. The highest BCUT2D eigenvalue weighted by Crippen LogP contribution is 2.16. The van der Waals surface area contributed by atoms with Crippen LogP contribution in [-0.4, -0.2) is 29.7 Å². The summed E-state index contributed by atoms with van der Waals surface area (Å²) in [4.78, 5) is 25.4. The highest BCUT2D eigenvalue weighted by molar-refractivity contribution is 5.98. The van der Waals surface area contributed by atoms with Crippen LogP contribution in [0.4, 0.5) is 0 Å². The second kappa shape index (κ2) is 2.47. The lowest BCUT2D eigenvalue weighted by Gasteiger charge is -2.24. The molecule has 1 heterocycles. The Morgan fingerprint density at radius 3 is 2.50 bits per heavy atom. The van der Waals surface area contributed by atoms with Gasteiger partial charge in [-0.15, -0.1) is 0 Å². The molecule has 0 bridgehead atoms. The van der Waals surface area contributed by atoms with E-state index in [9.17, 15) is 9.59 Å². The van der Waals surface area contributed by atoms with Gasteiger partial charge in [0.2, 0.25) is 11.8 Å². The lowest BCUT2D eigenvalue weighted by molar-refractivity contribution is -0.129. The van der Waals surface area contributed by atoms with E-state index in [4.69, 9.17) is 11.5 Å². The monoisotopic (exact) mass is 170 g/mol. The zero-order valence-electron chi connectivity index (χ0n) is 6.57. The lowest BCUT2D eigenvalue weighted by atomic mass is 9.93. The van der Waals surface area contributed by atoms with Crippen molar-refractivity contribution < 1.29 is 9.59 Å². The topological polar surface area (TPSA) is 111 Å². The van der Waals surface area contributed by atoms with Gasteiger partial charge >= 0.3 is 0 Å². The van der Waals surface area contributed by atoms with E-state index < -0.39 is 23.4 Å². The van der Waals surface area contributed by atoms with Gasteiger partial charge in [-0.05, 0) is 6.92 Å². The molecular formula is C6H10N4O2. The Bertz CT molecular complexity index is 262. The maximum atomic E-state index is 10.9. The number of carbonyl (C=O) groups excluding carboxylic acids is 2. The van der Waals surface area contributed by atoms with E-state index in [0.29, 0.717) is 0 Å². The van der Waals surface area contributed by atoms with E-state index >= 15 is 0 Å². The smallest absolute Gasteiger partial charge is 0.245 e. The molecule has 6 nitrogen and oxygen atoms in total. The first-order valence-electron chi connectivity index (χ1n) is 3.37. The molecule has 6 heteroatoms. The third kappa shape index (κ3) is 1.01. The molecule has 66 valence electrons. The number of primary amides is 2. The van der Waals surface area contributed by atoms with Gasteiger partial charge < -0.3 is 16.8 Å². The first kappa shape index (κ1) is 8.51. The highest BCUT2D eigenvalue weighted by Gasteiger charge is 2.45. The molecule has 2 atom stereocenters. The molecule has 1 aliphatic heterocycles. The van der Waals surface area contributed by atoms with Gasteiger partial charge in [-0.1, -0.05) is 0 Å². The Labute approximate surface area is 69.0 Å². The van der Waals surface area contributed by atoms with E-state index in [-0.39, 0.29) is 0 Å². The van der Waals surface area contributed by atoms with Crippen molar-refractivity contribution in [2.24, 2.45) is 16.5 Å². The molecule has 0 saturated heterocycles. The van der Waals surface area contributed by atoms with Crippen molar-refractivity contribution in [2.45, 2.75) is 18.5 Å². The van der Waals surface area contributed by atoms with Gasteiger partial charge in [0.15, 0.2) is 6.04 Å². The van der Waals surface area contributed by atoms with Gasteiger partial charge in [0, 0.05) is 0 Å². The molecule has 0 aromatic heterocycles. The van der Waals surface area contributed by atoms with E-state index in [2.05, 4.69) is 10.3 Å². The maximum Gasteiger partial charge on any atom is 0.245 e. The molecule has 1 aliphatic rings. The minimum absolute atomic E-state index is 0.649.